The predicted octanol–water partition coefficient (Wildman–Crippen LogP) is 3.90. The quantitative estimate of drug-likeness (QED) is 0.358. The van der Waals surface area contributed by atoms with Gasteiger partial charge < -0.3 is 4.90 Å². The van der Waals surface area contributed by atoms with E-state index in [9.17, 15) is 9.59 Å². The molecule has 0 atom stereocenters. The molecule has 2 aromatic carbocycles. The van der Waals surface area contributed by atoms with Crippen molar-refractivity contribution in [2.24, 2.45) is 0 Å². The molecule has 4 rings (SSSR count). The molecule has 1 aliphatic heterocycles. The van der Waals surface area contributed by atoms with Crippen molar-refractivity contribution >= 4 is 52.4 Å². The molecular weight excluding hydrogens is 408 g/mol. The van der Waals surface area contributed by atoms with Gasteiger partial charge in [-0.2, -0.15) is 0 Å². The van der Waals surface area contributed by atoms with E-state index in [0.717, 1.165) is 11.3 Å². The minimum absolute atomic E-state index is 0.0145. The lowest BCUT2D eigenvalue weighted by molar-refractivity contribution is -0.120. The normalized spacial score (nSPS) is 15.5. The van der Waals surface area contributed by atoms with Crippen molar-refractivity contribution in [3.8, 4) is 0 Å². The Morgan fingerprint density at radius 2 is 1.48 bits per heavy atom. The highest BCUT2D eigenvalue weighted by Gasteiger charge is 2.41. The van der Waals surface area contributed by atoms with E-state index in [1.807, 2.05) is 61.5 Å². The number of aromatic nitrogens is 1. The number of rotatable bonds is 4. The third kappa shape index (κ3) is 3.95. The molecule has 0 unspecified atom stereocenters. The fourth-order valence-electron chi connectivity index (χ4n) is 3.26. The van der Waals surface area contributed by atoms with E-state index in [1.165, 1.54) is 9.80 Å². The molecule has 0 saturated carbocycles. The Morgan fingerprint density at radius 3 is 2.10 bits per heavy atom. The first-order chi connectivity index (χ1) is 15.0. The van der Waals surface area contributed by atoms with Crippen molar-refractivity contribution in [2.75, 3.05) is 28.8 Å². The van der Waals surface area contributed by atoms with Crippen LogP contribution in [-0.4, -0.2) is 36.0 Å². The maximum atomic E-state index is 13.4. The van der Waals surface area contributed by atoms with E-state index in [0.29, 0.717) is 11.5 Å². The number of anilines is 3. The molecule has 1 aromatic heterocycles. The second kappa shape index (κ2) is 8.49. The lowest BCUT2D eigenvalue weighted by Crippen LogP contribution is -2.57. The number of nitrogens with zero attached hydrogens (tertiary/aromatic N) is 4. The molecule has 154 valence electrons. The first-order valence-corrected chi connectivity index (χ1v) is 10.1. The van der Waals surface area contributed by atoms with Gasteiger partial charge in [-0.15, -0.1) is 0 Å². The summed E-state index contributed by atoms with van der Waals surface area (Å²) in [6.07, 6.45) is 3.18. The zero-order valence-electron chi connectivity index (χ0n) is 17.1. The van der Waals surface area contributed by atoms with Crippen LogP contribution in [0.25, 0.3) is 6.08 Å². The molecule has 7 heteroatoms. The zero-order valence-corrected chi connectivity index (χ0v) is 17.9. The van der Waals surface area contributed by atoms with Gasteiger partial charge in [0.1, 0.15) is 11.4 Å². The summed E-state index contributed by atoms with van der Waals surface area (Å²) in [5.74, 6) is -0.609. The number of pyridine rings is 1. The van der Waals surface area contributed by atoms with Crippen LogP contribution in [0.15, 0.2) is 84.6 Å². The zero-order chi connectivity index (χ0) is 22.0. The Bertz CT molecular complexity index is 1100. The minimum atomic E-state index is -0.502. The van der Waals surface area contributed by atoms with Crippen molar-refractivity contribution < 1.29 is 9.59 Å². The first kappa shape index (κ1) is 20.4. The van der Waals surface area contributed by atoms with Crippen molar-refractivity contribution in [2.45, 2.75) is 0 Å². The van der Waals surface area contributed by atoms with Crippen molar-refractivity contribution in [3.63, 3.8) is 0 Å². The Hall–Kier alpha value is -3.84. The molecule has 0 spiro atoms. The van der Waals surface area contributed by atoms with Crippen LogP contribution in [0.5, 0.6) is 0 Å². The Balaban J connectivity index is 1.82. The largest absolute Gasteiger partial charge is 0.378 e. The van der Waals surface area contributed by atoms with Crippen molar-refractivity contribution in [1.82, 2.24) is 4.98 Å². The summed E-state index contributed by atoms with van der Waals surface area (Å²) in [5.41, 5.74) is 2.36. The Kier molecular flexibility index (Phi) is 5.60. The predicted molar refractivity (Wildman–Crippen MR) is 127 cm³/mol. The standard InChI is InChI=1S/C24H20N4O2S/c1-26(2)18-13-11-17(12-14-18)16-20-22(29)27(19-8-4-3-5-9-19)24(31)28(23(20)30)21-10-6-7-15-25-21/h3-16H,1-2H3/b20-16+. The summed E-state index contributed by atoms with van der Waals surface area (Å²) in [5, 5.41) is 0.0694. The number of carbonyl (C=O) groups excluding carboxylic acids is 2. The Labute approximate surface area is 186 Å². The molecule has 2 heterocycles. The van der Waals surface area contributed by atoms with Gasteiger partial charge in [0.2, 0.25) is 0 Å². The first-order valence-electron chi connectivity index (χ1n) is 9.65. The minimum Gasteiger partial charge on any atom is -0.378 e. The summed E-state index contributed by atoms with van der Waals surface area (Å²) < 4.78 is 0. The van der Waals surface area contributed by atoms with E-state index in [4.69, 9.17) is 12.2 Å². The topological polar surface area (TPSA) is 56.8 Å². The SMILES string of the molecule is CN(C)c1ccc(/C=C2\C(=O)N(c3ccccc3)C(=S)N(c3ccccn3)C2=O)cc1. The van der Waals surface area contributed by atoms with Crippen LogP contribution in [0.1, 0.15) is 5.56 Å². The molecule has 1 aliphatic rings. The monoisotopic (exact) mass is 428 g/mol. The summed E-state index contributed by atoms with van der Waals surface area (Å²) in [6, 6.07) is 21.8. The molecule has 1 fully saturated rings. The highest BCUT2D eigenvalue weighted by Crippen LogP contribution is 2.29. The van der Waals surface area contributed by atoms with Gasteiger partial charge in [-0.05, 0) is 60.3 Å². The summed E-state index contributed by atoms with van der Waals surface area (Å²) in [6.45, 7) is 0. The second-order valence-electron chi connectivity index (χ2n) is 7.13. The van der Waals surface area contributed by atoms with E-state index >= 15 is 0 Å². The number of amides is 2. The van der Waals surface area contributed by atoms with Crippen LogP contribution in [0.4, 0.5) is 17.2 Å². The van der Waals surface area contributed by atoms with Crippen molar-refractivity contribution in [1.29, 1.82) is 0 Å². The maximum absolute atomic E-state index is 13.4. The highest BCUT2D eigenvalue weighted by molar-refractivity contribution is 7.81. The van der Waals surface area contributed by atoms with Crippen LogP contribution in [0.2, 0.25) is 0 Å². The molecule has 6 nitrogen and oxygen atoms in total. The molecule has 0 N–H and O–H groups in total. The fraction of sp³-hybridized carbons (Fsp3) is 0.0833. The van der Waals surface area contributed by atoms with Gasteiger partial charge in [-0.25, -0.2) is 9.88 Å². The summed E-state index contributed by atoms with van der Waals surface area (Å²) >= 11 is 5.57. The average Bonchev–Trinajstić information content (AvgIpc) is 2.78. The van der Waals surface area contributed by atoms with E-state index < -0.39 is 11.8 Å². The fourth-order valence-corrected chi connectivity index (χ4v) is 3.62. The molecule has 1 saturated heterocycles. The van der Waals surface area contributed by atoms with Crippen molar-refractivity contribution in [3.05, 3.63) is 90.1 Å². The van der Waals surface area contributed by atoms with E-state index in [2.05, 4.69) is 4.98 Å². The molecule has 0 aliphatic carbocycles. The molecule has 31 heavy (non-hydrogen) atoms. The summed E-state index contributed by atoms with van der Waals surface area (Å²) in [7, 11) is 3.90. The van der Waals surface area contributed by atoms with Gasteiger partial charge in [-0.3, -0.25) is 14.5 Å². The average molecular weight is 429 g/mol. The third-order valence-corrected chi connectivity index (χ3v) is 5.23. The number of para-hydroxylation sites is 1. The Morgan fingerprint density at radius 1 is 0.839 bits per heavy atom. The maximum Gasteiger partial charge on any atom is 0.271 e. The number of hydrogen-bond donors (Lipinski definition) is 0. The van der Waals surface area contributed by atoms with E-state index in [-0.39, 0.29) is 10.7 Å². The van der Waals surface area contributed by atoms with Gasteiger partial charge in [-0.1, -0.05) is 36.4 Å². The smallest absolute Gasteiger partial charge is 0.271 e. The van der Waals surface area contributed by atoms with Gasteiger partial charge >= 0.3 is 0 Å². The number of hydrogen-bond acceptors (Lipinski definition) is 5. The van der Waals surface area contributed by atoms with E-state index in [1.54, 1.807) is 42.6 Å². The van der Waals surface area contributed by atoms with Gasteiger partial charge in [0.05, 0.1) is 5.69 Å². The van der Waals surface area contributed by atoms with Crippen LogP contribution in [0, 0.1) is 0 Å². The van der Waals surface area contributed by atoms with Crippen LogP contribution in [0.3, 0.4) is 0 Å². The molecule has 2 amide bonds. The van der Waals surface area contributed by atoms with Crippen LogP contribution >= 0.6 is 12.2 Å². The lowest BCUT2D eigenvalue weighted by Gasteiger charge is -2.35. The second-order valence-corrected chi connectivity index (χ2v) is 7.50. The lowest BCUT2D eigenvalue weighted by atomic mass is 10.1. The number of benzene rings is 2. The van der Waals surface area contributed by atoms with Crippen LogP contribution in [-0.2, 0) is 9.59 Å². The molecular formula is C24H20N4O2S. The van der Waals surface area contributed by atoms with Gasteiger partial charge in [0.15, 0.2) is 5.11 Å². The third-order valence-electron chi connectivity index (χ3n) is 4.86. The highest BCUT2D eigenvalue weighted by atomic mass is 32.1. The summed E-state index contributed by atoms with van der Waals surface area (Å²) in [4.78, 5) is 35.7. The molecule has 0 radical (unpaired) electrons. The van der Waals surface area contributed by atoms with Gasteiger partial charge in [0, 0.05) is 26.0 Å². The van der Waals surface area contributed by atoms with Gasteiger partial charge in [0.25, 0.3) is 11.8 Å². The number of carbonyl (C=O) groups is 2. The molecule has 0 bridgehead atoms. The molecule has 3 aromatic rings. The van der Waals surface area contributed by atoms with Crippen LogP contribution < -0.4 is 14.7 Å². The number of thiocarbonyl (C=S) groups is 1.